The number of H-pyrrole nitrogens is 1. The number of halogens is 1. The summed E-state index contributed by atoms with van der Waals surface area (Å²) in [4.78, 5) is 12.5. The number of nitrogens with zero attached hydrogens (tertiary/aromatic N) is 4. The van der Waals surface area contributed by atoms with E-state index in [0.717, 1.165) is 53.1 Å². The molecule has 2 fully saturated rings. The highest BCUT2D eigenvalue weighted by Crippen LogP contribution is 2.52. The average Bonchev–Trinajstić information content (AvgIpc) is 3.35. The van der Waals surface area contributed by atoms with Gasteiger partial charge in [0.25, 0.3) is 0 Å². The zero-order valence-electron chi connectivity index (χ0n) is 16.5. The number of nitrogens with two attached hydrogens (primary N) is 1. The number of aromatic nitrogens is 5. The quantitative estimate of drug-likeness (QED) is 0.544. The number of aromatic amines is 1. The van der Waals surface area contributed by atoms with Gasteiger partial charge < -0.3 is 10.7 Å². The van der Waals surface area contributed by atoms with Crippen molar-refractivity contribution in [3.63, 3.8) is 0 Å². The fourth-order valence-corrected chi connectivity index (χ4v) is 5.33. The van der Waals surface area contributed by atoms with Crippen molar-refractivity contribution in [3.8, 4) is 11.3 Å². The van der Waals surface area contributed by atoms with Crippen LogP contribution in [0.1, 0.15) is 42.3 Å². The molecule has 4 unspecified atom stereocenters. The minimum Gasteiger partial charge on any atom is -0.342 e. The molecule has 0 bridgehead atoms. The van der Waals surface area contributed by atoms with E-state index < -0.39 is 0 Å². The van der Waals surface area contributed by atoms with E-state index in [4.69, 9.17) is 5.73 Å². The molecule has 4 atom stereocenters. The maximum absolute atomic E-state index is 14.9. The predicted octanol–water partition coefficient (Wildman–Crippen LogP) is 3.87. The van der Waals surface area contributed by atoms with E-state index in [1.807, 2.05) is 32.2 Å². The van der Waals surface area contributed by atoms with E-state index in [0.29, 0.717) is 35.0 Å². The number of fused-ring (bicyclic) bond motifs is 3. The molecule has 2 aliphatic carbocycles. The molecule has 0 spiro atoms. The molecule has 2 aliphatic rings. The van der Waals surface area contributed by atoms with E-state index in [1.165, 1.54) is 6.07 Å². The first-order valence-corrected chi connectivity index (χ1v) is 10.2. The second-order valence-electron chi connectivity index (χ2n) is 8.83. The van der Waals surface area contributed by atoms with Crippen LogP contribution in [0, 0.1) is 31.5 Å². The summed E-state index contributed by atoms with van der Waals surface area (Å²) in [6.07, 6.45) is 5.15. The van der Waals surface area contributed by atoms with Crippen molar-refractivity contribution < 1.29 is 4.39 Å². The van der Waals surface area contributed by atoms with Gasteiger partial charge in [-0.25, -0.2) is 18.9 Å². The second kappa shape index (κ2) is 5.86. The first-order chi connectivity index (χ1) is 14.0. The molecule has 3 N–H and O–H groups in total. The Balaban J connectivity index is 1.41. The Morgan fingerprint density at radius 3 is 2.79 bits per heavy atom. The summed E-state index contributed by atoms with van der Waals surface area (Å²) in [7, 11) is 0. The Hall–Kier alpha value is -2.80. The first kappa shape index (κ1) is 17.1. The predicted molar refractivity (Wildman–Crippen MR) is 109 cm³/mol. The minimum absolute atomic E-state index is 0.320. The van der Waals surface area contributed by atoms with Gasteiger partial charge in [-0.15, -0.1) is 0 Å². The fourth-order valence-electron chi connectivity index (χ4n) is 5.33. The molecule has 6 nitrogen and oxygen atoms in total. The monoisotopic (exact) mass is 390 g/mol. The maximum atomic E-state index is 14.9. The van der Waals surface area contributed by atoms with Gasteiger partial charge in [0.1, 0.15) is 11.3 Å². The Morgan fingerprint density at radius 2 is 2.00 bits per heavy atom. The van der Waals surface area contributed by atoms with Crippen molar-refractivity contribution in [2.45, 2.75) is 45.1 Å². The first-order valence-electron chi connectivity index (χ1n) is 10.2. The van der Waals surface area contributed by atoms with Crippen LogP contribution in [-0.2, 0) is 0 Å². The van der Waals surface area contributed by atoms with Crippen LogP contribution >= 0.6 is 0 Å². The molecule has 0 radical (unpaired) electrons. The Morgan fingerprint density at radius 1 is 1.14 bits per heavy atom. The number of aryl methyl sites for hydroxylation is 2. The summed E-state index contributed by atoms with van der Waals surface area (Å²) >= 11 is 0. The van der Waals surface area contributed by atoms with Crippen LogP contribution in [0.5, 0.6) is 0 Å². The topological polar surface area (TPSA) is 84.9 Å². The standard InChI is InChI=1S/C22H23FN6/c1-10-3-18(28-29-9-11(2)25-22(10)29)13-6-16(23)20-19(8-13)26-21(27-20)14-4-12-7-17(24)15(12)5-14/h3,6,8-9,12,14-15,17H,4-5,7,24H2,1-2H3,(H,26,27). The molecule has 3 heterocycles. The minimum atomic E-state index is -0.320. The number of hydrogen-bond acceptors (Lipinski definition) is 4. The van der Waals surface area contributed by atoms with Crippen molar-refractivity contribution in [1.29, 1.82) is 0 Å². The second-order valence-corrected chi connectivity index (χ2v) is 8.83. The van der Waals surface area contributed by atoms with Crippen LogP contribution in [-0.4, -0.2) is 30.6 Å². The molecule has 7 heteroatoms. The van der Waals surface area contributed by atoms with Gasteiger partial charge in [-0.1, -0.05) is 0 Å². The van der Waals surface area contributed by atoms with Gasteiger partial charge in [-0.2, -0.15) is 5.10 Å². The number of hydrogen-bond donors (Lipinski definition) is 2. The molecule has 1 aromatic carbocycles. The van der Waals surface area contributed by atoms with Crippen LogP contribution in [0.4, 0.5) is 4.39 Å². The molecule has 0 amide bonds. The zero-order valence-corrected chi connectivity index (χ0v) is 16.5. The van der Waals surface area contributed by atoms with Gasteiger partial charge in [-0.3, -0.25) is 0 Å². The van der Waals surface area contributed by atoms with Crippen LogP contribution in [0.3, 0.4) is 0 Å². The van der Waals surface area contributed by atoms with Crippen LogP contribution in [0.2, 0.25) is 0 Å². The largest absolute Gasteiger partial charge is 0.342 e. The van der Waals surface area contributed by atoms with Gasteiger partial charge in [0.05, 0.1) is 23.1 Å². The Kier molecular flexibility index (Phi) is 3.45. The van der Waals surface area contributed by atoms with Gasteiger partial charge in [0.2, 0.25) is 0 Å². The molecule has 0 saturated heterocycles. The van der Waals surface area contributed by atoms with Gasteiger partial charge in [0.15, 0.2) is 11.5 Å². The SMILES string of the molecule is Cc1cn2nc(-c3cc(F)c4nc(C5CC6CC(N)C6C5)[nH]c4c3)cc(C)c2n1. The van der Waals surface area contributed by atoms with Gasteiger partial charge >= 0.3 is 0 Å². The highest BCUT2D eigenvalue weighted by molar-refractivity contribution is 5.82. The normalized spacial score (nSPS) is 26.2. The fraction of sp³-hybridized carbons (Fsp3) is 0.409. The molecule has 148 valence electrons. The van der Waals surface area contributed by atoms with Crippen LogP contribution in [0.15, 0.2) is 24.4 Å². The summed E-state index contributed by atoms with van der Waals surface area (Å²) in [6, 6.07) is 5.75. The number of rotatable bonds is 2. The molecule has 0 aliphatic heterocycles. The lowest BCUT2D eigenvalue weighted by Gasteiger charge is -2.37. The van der Waals surface area contributed by atoms with Crippen molar-refractivity contribution in [1.82, 2.24) is 24.6 Å². The third kappa shape index (κ3) is 2.53. The molecule has 4 aromatic rings. The van der Waals surface area contributed by atoms with Crippen molar-refractivity contribution in [3.05, 3.63) is 47.3 Å². The smallest absolute Gasteiger partial charge is 0.156 e. The van der Waals surface area contributed by atoms with Gasteiger partial charge in [-0.05, 0) is 68.7 Å². The Labute approximate surface area is 167 Å². The van der Waals surface area contributed by atoms with E-state index in [2.05, 4.69) is 20.1 Å². The van der Waals surface area contributed by atoms with Gasteiger partial charge in [0, 0.05) is 17.5 Å². The zero-order chi connectivity index (χ0) is 19.9. The lowest BCUT2D eigenvalue weighted by molar-refractivity contribution is 0.173. The average molecular weight is 390 g/mol. The lowest BCUT2D eigenvalue weighted by Crippen LogP contribution is -2.44. The third-order valence-electron chi connectivity index (χ3n) is 6.84. The molecule has 6 rings (SSSR count). The molecular weight excluding hydrogens is 367 g/mol. The van der Waals surface area contributed by atoms with E-state index in [9.17, 15) is 4.39 Å². The van der Waals surface area contributed by atoms with E-state index >= 15 is 0 Å². The van der Waals surface area contributed by atoms with Crippen molar-refractivity contribution in [2.24, 2.45) is 17.6 Å². The molecular formula is C22H23FN6. The van der Waals surface area contributed by atoms with Crippen LogP contribution in [0.25, 0.3) is 27.9 Å². The number of nitrogens with one attached hydrogen (secondary N) is 1. The summed E-state index contributed by atoms with van der Waals surface area (Å²) < 4.78 is 16.7. The maximum Gasteiger partial charge on any atom is 0.156 e. The third-order valence-corrected chi connectivity index (χ3v) is 6.84. The summed E-state index contributed by atoms with van der Waals surface area (Å²) in [6.45, 7) is 3.93. The number of benzene rings is 1. The summed E-state index contributed by atoms with van der Waals surface area (Å²) in [5, 5.41) is 4.64. The Bertz CT molecular complexity index is 1270. The van der Waals surface area contributed by atoms with Crippen LogP contribution < -0.4 is 5.73 Å². The molecule has 2 saturated carbocycles. The van der Waals surface area contributed by atoms with Crippen molar-refractivity contribution in [2.75, 3.05) is 0 Å². The highest BCUT2D eigenvalue weighted by atomic mass is 19.1. The molecule has 3 aromatic heterocycles. The van der Waals surface area contributed by atoms with E-state index in [-0.39, 0.29) is 5.82 Å². The lowest BCUT2D eigenvalue weighted by atomic mass is 9.72. The summed E-state index contributed by atoms with van der Waals surface area (Å²) in [5.74, 6) is 2.23. The van der Waals surface area contributed by atoms with E-state index in [1.54, 1.807) is 4.52 Å². The summed E-state index contributed by atoms with van der Waals surface area (Å²) in [5.41, 5.74) is 11.4. The van der Waals surface area contributed by atoms with Crippen molar-refractivity contribution >= 4 is 16.7 Å². The highest BCUT2D eigenvalue weighted by Gasteiger charge is 2.46. The number of imidazole rings is 2. The molecule has 29 heavy (non-hydrogen) atoms.